The predicted octanol–water partition coefficient (Wildman–Crippen LogP) is 5.77. The Hall–Kier alpha value is -3.96. The van der Waals surface area contributed by atoms with Gasteiger partial charge in [0.25, 0.3) is 10.0 Å². The average Bonchev–Trinajstić information content (AvgIpc) is 3.20. The van der Waals surface area contributed by atoms with Gasteiger partial charge in [-0.25, -0.2) is 21.2 Å². The molecule has 1 aromatic heterocycles. The van der Waals surface area contributed by atoms with Gasteiger partial charge in [0.2, 0.25) is 0 Å². The Balaban J connectivity index is 1.86. The van der Waals surface area contributed by atoms with Crippen LogP contribution in [0.15, 0.2) is 72.3 Å². The number of aryl methyl sites for hydroxylation is 1. The second kappa shape index (κ2) is 7.94. The zero-order valence-corrected chi connectivity index (χ0v) is 17.7. The fourth-order valence-electron chi connectivity index (χ4n) is 3.34. The van der Waals surface area contributed by atoms with Crippen molar-refractivity contribution in [2.75, 3.05) is 0 Å². The van der Waals surface area contributed by atoms with E-state index in [1.807, 2.05) is 6.92 Å². The predicted molar refractivity (Wildman–Crippen MR) is 117 cm³/mol. The number of hydrogen-bond donors (Lipinski definition) is 0. The molecule has 1 heterocycles. The third-order valence-corrected chi connectivity index (χ3v) is 6.67. The van der Waals surface area contributed by atoms with Gasteiger partial charge in [0.05, 0.1) is 16.0 Å². The molecule has 0 radical (unpaired) electrons. The Morgan fingerprint density at radius 2 is 1.78 bits per heavy atom. The minimum atomic E-state index is -3.97. The Morgan fingerprint density at radius 3 is 2.44 bits per heavy atom. The SMILES string of the molecule is C=Cc1c(Oc2ccc(F)c(C#N)c2)c(F)cc2c1ccn2S(=O)(=O)c1ccc(C)cc1. The molecule has 32 heavy (non-hydrogen) atoms. The maximum absolute atomic E-state index is 15.1. The first-order chi connectivity index (χ1) is 15.3. The topological polar surface area (TPSA) is 72.1 Å². The van der Waals surface area contributed by atoms with Crippen molar-refractivity contribution in [1.29, 1.82) is 5.26 Å². The Morgan fingerprint density at radius 1 is 1.06 bits per heavy atom. The molecule has 0 aliphatic rings. The molecule has 4 rings (SSSR count). The lowest BCUT2D eigenvalue weighted by Crippen LogP contribution is -2.12. The quantitative estimate of drug-likeness (QED) is 0.387. The number of halogens is 2. The standard InChI is InChI=1S/C24H16F2N2O3S/c1-3-19-20-10-11-28(32(29,30)18-7-4-15(2)5-8-18)23(20)13-22(26)24(19)31-17-6-9-21(25)16(12-17)14-27/h3-13H,1H2,2H3. The van der Waals surface area contributed by atoms with Crippen LogP contribution in [-0.2, 0) is 10.0 Å². The molecule has 5 nitrogen and oxygen atoms in total. The van der Waals surface area contributed by atoms with E-state index >= 15 is 4.39 Å². The highest BCUT2D eigenvalue weighted by Gasteiger charge is 2.23. The van der Waals surface area contributed by atoms with Crippen LogP contribution in [0.2, 0.25) is 0 Å². The Bertz CT molecular complexity index is 1520. The van der Waals surface area contributed by atoms with Crippen molar-refractivity contribution >= 4 is 27.0 Å². The fraction of sp³-hybridized carbons (Fsp3) is 0.0417. The first-order valence-corrected chi connectivity index (χ1v) is 10.9. The van der Waals surface area contributed by atoms with Crippen LogP contribution in [0.4, 0.5) is 8.78 Å². The molecule has 4 aromatic rings. The van der Waals surface area contributed by atoms with Crippen molar-refractivity contribution in [3.8, 4) is 17.6 Å². The van der Waals surface area contributed by atoms with Gasteiger partial charge in [0.1, 0.15) is 17.6 Å². The molecule has 3 aromatic carbocycles. The van der Waals surface area contributed by atoms with Gasteiger partial charge in [-0.1, -0.05) is 30.4 Å². The number of hydrogen-bond acceptors (Lipinski definition) is 4. The zero-order valence-electron chi connectivity index (χ0n) is 16.8. The molecule has 0 bridgehead atoms. The molecule has 0 amide bonds. The van der Waals surface area contributed by atoms with E-state index in [1.165, 1.54) is 36.5 Å². The first-order valence-electron chi connectivity index (χ1n) is 9.42. The third-order valence-electron chi connectivity index (χ3n) is 4.97. The minimum absolute atomic E-state index is 0.0519. The normalized spacial score (nSPS) is 11.3. The molecular formula is C24H16F2N2O3S. The monoisotopic (exact) mass is 450 g/mol. The summed E-state index contributed by atoms with van der Waals surface area (Å²) in [5, 5.41) is 9.40. The van der Waals surface area contributed by atoms with Gasteiger partial charge in [0.15, 0.2) is 11.6 Å². The van der Waals surface area contributed by atoms with E-state index in [0.717, 1.165) is 27.7 Å². The summed E-state index contributed by atoms with van der Waals surface area (Å²) in [6.45, 7) is 5.54. The molecule has 0 N–H and O–H groups in total. The van der Waals surface area contributed by atoms with Crippen molar-refractivity contribution in [3.05, 3.63) is 95.7 Å². The van der Waals surface area contributed by atoms with Crippen LogP contribution >= 0.6 is 0 Å². The second-order valence-electron chi connectivity index (χ2n) is 7.02. The average molecular weight is 450 g/mol. The zero-order chi connectivity index (χ0) is 23.0. The van der Waals surface area contributed by atoms with E-state index in [4.69, 9.17) is 10.00 Å². The van der Waals surface area contributed by atoms with Gasteiger partial charge in [-0.05, 0) is 37.3 Å². The number of rotatable bonds is 5. The van der Waals surface area contributed by atoms with Gasteiger partial charge in [-0.2, -0.15) is 5.26 Å². The van der Waals surface area contributed by atoms with E-state index in [1.54, 1.807) is 18.2 Å². The number of nitriles is 1. The number of nitrogens with zero attached hydrogens (tertiary/aromatic N) is 2. The Kier molecular flexibility index (Phi) is 5.28. The molecule has 0 spiro atoms. The van der Waals surface area contributed by atoms with Crippen molar-refractivity contribution < 1.29 is 21.9 Å². The number of fused-ring (bicyclic) bond motifs is 1. The molecule has 0 aliphatic carbocycles. The van der Waals surface area contributed by atoms with Crippen molar-refractivity contribution in [1.82, 2.24) is 3.97 Å². The summed E-state index contributed by atoms with van der Waals surface area (Å²) in [5.74, 6) is -1.73. The van der Waals surface area contributed by atoms with E-state index in [-0.39, 0.29) is 33.0 Å². The smallest absolute Gasteiger partial charge is 0.268 e. The molecule has 8 heteroatoms. The maximum Gasteiger partial charge on any atom is 0.268 e. The Labute approximate surface area is 183 Å². The summed E-state index contributed by atoms with van der Waals surface area (Å²) < 4.78 is 61.5. The van der Waals surface area contributed by atoms with Gasteiger partial charge in [0, 0.05) is 29.3 Å². The summed E-state index contributed by atoms with van der Waals surface area (Å²) in [4.78, 5) is 0.0665. The van der Waals surface area contributed by atoms with Gasteiger partial charge in [-0.3, -0.25) is 0 Å². The molecule has 0 saturated heterocycles. The molecule has 160 valence electrons. The number of benzene rings is 3. The van der Waals surface area contributed by atoms with E-state index in [2.05, 4.69) is 6.58 Å². The molecule has 0 atom stereocenters. The van der Waals surface area contributed by atoms with E-state index < -0.39 is 21.7 Å². The highest BCUT2D eigenvalue weighted by molar-refractivity contribution is 7.90. The summed E-state index contributed by atoms with van der Waals surface area (Å²) in [5.41, 5.74) is 0.991. The highest BCUT2D eigenvalue weighted by atomic mass is 32.2. The maximum atomic E-state index is 15.1. The molecule has 0 saturated carbocycles. The lowest BCUT2D eigenvalue weighted by molar-refractivity contribution is 0.441. The van der Waals surface area contributed by atoms with Crippen LogP contribution in [0.5, 0.6) is 11.5 Å². The lowest BCUT2D eigenvalue weighted by atomic mass is 10.1. The second-order valence-corrected chi connectivity index (χ2v) is 8.84. The number of ether oxygens (including phenoxy) is 1. The summed E-state index contributed by atoms with van der Waals surface area (Å²) >= 11 is 0. The van der Waals surface area contributed by atoms with Crippen LogP contribution < -0.4 is 4.74 Å². The van der Waals surface area contributed by atoms with Gasteiger partial charge >= 0.3 is 0 Å². The largest absolute Gasteiger partial charge is 0.454 e. The summed E-state index contributed by atoms with van der Waals surface area (Å²) in [6.07, 6.45) is 2.68. The van der Waals surface area contributed by atoms with Crippen molar-refractivity contribution in [2.45, 2.75) is 11.8 Å². The minimum Gasteiger partial charge on any atom is -0.454 e. The fourth-order valence-corrected chi connectivity index (χ4v) is 4.68. The molecule has 0 fully saturated rings. The molecular weight excluding hydrogens is 434 g/mol. The first kappa shape index (κ1) is 21.3. The number of aromatic nitrogens is 1. The van der Waals surface area contributed by atoms with E-state index in [9.17, 15) is 12.8 Å². The third kappa shape index (κ3) is 3.53. The molecule has 0 aliphatic heterocycles. The van der Waals surface area contributed by atoms with Gasteiger partial charge < -0.3 is 4.74 Å². The summed E-state index contributed by atoms with van der Waals surface area (Å²) in [6, 6.07) is 14.1. The van der Waals surface area contributed by atoms with Crippen LogP contribution in [-0.4, -0.2) is 12.4 Å². The van der Waals surface area contributed by atoms with Crippen LogP contribution in [0.3, 0.4) is 0 Å². The van der Waals surface area contributed by atoms with Crippen LogP contribution in [0.25, 0.3) is 17.0 Å². The van der Waals surface area contributed by atoms with E-state index in [0.29, 0.717) is 5.39 Å². The van der Waals surface area contributed by atoms with Crippen LogP contribution in [0.1, 0.15) is 16.7 Å². The van der Waals surface area contributed by atoms with Crippen LogP contribution in [0, 0.1) is 29.9 Å². The molecule has 0 unspecified atom stereocenters. The highest BCUT2D eigenvalue weighted by Crippen LogP contribution is 2.37. The van der Waals surface area contributed by atoms with Crippen molar-refractivity contribution in [2.24, 2.45) is 0 Å². The van der Waals surface area contributed by atoms with Crippen molar-refractivity contribution in [3.63, 3.8) is 0 Å². The summed E-state index contributed by atoms with van der Waals surface area (Å²) in [7, 11) is -3.97. The van der Waals surface area contributed by atoms with Gasteiger partial charge in [-0.15, -0.1) is 0 Å². The lowest BCUT2D eigenvalue weighted by Gasteiger charge is -2.13.